The third kappa shape index (κ3) is 3.26. The summed E-state index contributed by atoms with van der Waals surface area (Å²) >= 11 is 2.83. The van der Waals surface area contributed by atoms with E-state index in [1.54, 1.807) is 5.38 Å². The van der Waals surface area contributed by atoms with Crippen LogP contribution in [0.25, 0.3) is 15.3 Å². The number of fused-ring (bicyclic) bond motifs is 1. The Bertz CT molecular complexity index is 1020. The molecule has 0 saturated carbocycles. The van der Waals surface area contributed by atoms with Crippen LogP contribution >= 0.6 is 22.7 Å². The summed E-state index contributed by atoms with van der Waals surface area (Å²) in [6.07, 6.45) is 3.79. The predicted octanol–water partition coefficient (Wildman–Crippen LogP) is 4.19. The number of anilines is 1. The number of thiazole rings is 2. The molecular formula is C17H14N4O2S2. The Labute approximate surface area is 151 Å². The quantitative estimate of drug-likeness (QED) is 0.572. The van der Waals surface area contributed by atoms with Gasteiger partial charge < -0.3 is 9.30 Å². The van der Waals surface area contributed by atoms with E-state index in [4.69, 9.17) is 4.74 Å². The smallest absolute Gasteiger partial charge is 0.276 e. The van der Waals surface area contributed by atoms with Crippen molar-refractivity contribution in [1.29, 1.82) is 0 Å². The fraction of sp³-hybridized carbons (Fsp3) is 0.118. The molecule has 8 heteroatoms. The number of carbonyl (C=O) groups excluding carboxylic acids is 1. The lowest BCUT2D eigenvalue weighted by Crippen LogP contribution is -2.12. The highest BCUT2D eigenvalue weighted by molar-refractivity contribution is 7.22. The molecule has 3 aromatic heterocycles. The van der Waals surface area contributed by atoms with Crippen molar-refractivity contribution >= 4 is 43.9 Å². The number of nitrogens with zero attached hydrogens (tertiary/aromatic N) is 3. The topological polar surface area (TPSA) is 69.0 Å². The third-order valence-electron chi connectivity index (χ3n) is 3.44. The van der Waals surface area contributed by atoms with Gasteiger partial charge >= 0.3 is 0 Å². The lowest BCUT2D eigenvalue weighted by Gasteiger charge is -2.00. The molecular weight excluding hydrogens is 356 g/mol. The SMILES string of the molecule is CCOc1ccc2nc(NC(=O)c3csc(-n4cccc4)n3)sc2c1. The monoisotopic (exact) mass is 370 g/mol. The maximum absolute atomic E-state index is 12.4. The first-order chi connectivity index (χ1) is 12.2. The Hall–Kier alpha value is -2.71. The number of hydrogen-bond acceptors (Lipinski definition) is 6. The summed E-state index contributed by atoms with van der Waals surface area (Å²) in [7, 11) is 0. The average molecular weight is 370 g/mol. The molecule has 0 bridgehead atoms. The number of hydrogen-bond donors (Lipinski definition) is 1. The zero-order valence-electron chi connectivity index (χ0n) is 13.3. The molecule has 0 fully saturated rings. The Kier molecular flexibility index (Phi) is 4.21. The van der Waals surface area contributed by atoms with Gasteiger partial charge in [-0.25, -0.2) is 9.97 Å². The van der Waals surface area contributed by atoms with Gasteiger partial charge in [-0.2, -0.15) is 0 Å². The van der Waals surface area contributed by atoms with E-state index < -0.39 is 0 Å². The van der Waals surface area contributed by atoms with Crippen LogP contribution in [-0.4, -0.2) is 27.0 Å². The van der Waals surface area contributed by atoms with Crippen molar-refractivity contribution in [2.45, 2.75) is 6.92 Å². The van der Waals surface area contributed by atoms with Gasteiger partial charge in [0.1, 0.15) is 11.4 Å². The summed E-state index contributed by atoms with van der Waals surface area (Å²) in [6.45, 7) is 2.56. The van der Waals surface area contributed by atoms with Gasteiger partial charge in [0.05, 0.1) is 16.8 Å². The van der Waals surface area contributed by atoms with Crippen LogP contribution in [0.15, 0.2) is 48.1 Å². The van der Waals surface area contributed by atoms with E-state index in [1.165, 1.54) is 22.7 Å². The Morgan fingerprint density at radius 1 is 1.28 bits per heavy atom. The van der Waals surface area contributed by atoms with E-state index in [0.717, 1.165) is 21.1 Å². The molecule has 1 N–H and O–H groups in total. The molecule has 0 aliphatic rings. The number of aromatic nitrogens is 3. The Morgan fingerprint density at radius 3 is 2.92 bits per heavy atom. The van der Waals surface area contributed by atoms with Gasteiger partial charge in [-0.15, -0.1) is 11.3 Å². The predicted molar refractivity (Wildman–Crippen MR) is 100 cm³/mol. The van der Waals surface area contributed by atoms with E-state index in [-0.39, 0.29) is 5.91 Å². The first kappa shape index (κ1) is 15.8. The normalized spacial score (nSPS) is 10.9. The third-order valence-corrected chi connectivity index (χ3v) is 5.23. The number of amides is 1. The second kappa shape index (κ2) is 6.66. The summed E-state index contributed by atoms with van der Waals surface area (Å²) in [5, 5.41) is 5.86. The van der Waals surface area contributed by atoms with Gasteiger partial charge in [0.15, 0.2) is 10.3 Å². The fourth-order valence-corrected chi connectivity index (χ4v) is 3.99. The van der Waals surface area contributed by atoms with Crippen molar-refractivity contribution in [2.24, 2.45) is 0 Å². The van der Waals surface area contributed by atoms with Crippen LogP contribution in [0.4, 0.5) is 5.13 Å². The molecule has 0 aliphatic carbocycles. The number of nitrogens with one attached hydrogen (secondary N) is 1. The molecule has 0 radical (unpaired) electrons. The average Bonchev–Trinajstić information content (AvgIpc) is 3.34. The molecule has 0 atom stereocenters. The molecule has 126 valence electrons. The van der Waals surface area contributed by atoms with Crippen LogP contribution in [0.3, 0.4) is 0 Å². The zero-order valence-corrected chi connectivity index (χ0v) is 14.9. The summed E-state index contributed by atoms with van der Waals surface area (Å²) < 4.78 is 8.33. The number of ether oxygens (including phenoxy) is 1. The van der Waals surface area contributed by atoms with Gasteiger partial charge in [-0.3, -0.25) is 10.1 Å². The van der Waals surface area contributed by atoms with Gasteiger partial charge in [-0.05, 0) is 37.3 Å². The first-order valence-electron chi connectivity index (χ1n) is 7.66. The molecule has 3 heterocycles. The minimum atomic E-state index is -0.265. The largest absolute Gasteiger partial charge is 0.494 e. The summed E-state index contributed by atoms with van der Waals surface area (Å²) in [4.78, 5) is 21.2. The summed E-state index contributed by atoms with van der Waals surface area (Å²) in [6, 6.07) is 9.52. The van der Waals surface area contributed by atoms with Gasteiger partial charge in [0, 0.05) is 17.8 Å². The standard InChI is InChI=1S/C17H14N4O2S2/c1-2-23-11-5-6-12-14(9-11)25-16(18-12)20-15(22)13-10-24-17(19-13)21-7-3-4-8-21/h3-10H,2H2,1H3,(H,18,20,22). The molecule has 0 spiro atoms. The molecule has 0 saturated heterocycles. The number of rotatable bonds is 5. The lowest BCUT2D eigenvalue weighted by molar-refractivity contribution is 0.102. The molecule has 4 aromatic rings. The van der Waals surface area contributed by atoms with Crippen LogP contribution in [0, 0.1) is 0 Å². The van der Waals surface area contributed by atoms with Crippen molar-refractivity contribution in [3.8, 4) is 10.9 Å². The van der Waals surface area contributed by atoms with Gasteiger partial charge in [0.25, 0.3) is 5.91 Å². The molecule has 25 heavy (non-hydrogen) atoms. The van der Waals surface area contributed by atoms with Gasteiger partial charge in [0.2, 0.25) is 0 Å². The minimum absolute atomic E-state index is 0.265. The zero-order chi connectivity index (χ0) is 17.2. The molecule has 1 aromatic carbocycles. The minimum Gasteiger partial charge on any atom is -0.494 e. The van der Waals surface area contributed by atoms with Crippen molar-refractivity contribution < 1.29 is 9.53 Å². The van der Waals surface area contributed by atoms with E-state index in [9.17, 15) is 4.79 Å². The Balaban J connectivity index is 1.53. The van der Waals surface area contributed by atoms with E-state index in [0.29, 0.717) is 17.4 Å². The van der Waals surface area contributed by atoms with Crippen molar-refractivity contribution in [3.63, 3.8) is 0 Å². The highest BCUT2D eigenvalue weighted by Crippen LogP contribution is 2.29. The van der Waals surface area contributed by atoms with Crippen molar-refractivity contribution in [1.82, 2.24) is 14.5 Å². The highest BCUT2D eigenvalue weighted by atomic mass is 32.1. The van der Waals surface area contributed by atoms with E-state index in [1.807, 2.05) is 54.2 Å². The van der Waals surface area contributed by atoms with Crippen LogP contribution < -0.4 is 10.1 Å². The number of carbonyl (C=O) groups is 1. The van der Waals surface area contributed by atoms with E-state index >= 15 is 0 Å². The molecule has 1 amide bonds. The van der Waals surface area contributed by atoms with Crippen LogP contribution in [-0.2, 0) is 0 Å². The Morgan fingerprint density at radius 2 is 2.12 bits per heavy atom. The fourth-order valence-electron chi connectivity index (χ4n) is 2.33. The maximum Gasteiger partial charge on any atom is 0.276 e. The van der Waals surface area contributed by atoms with Crippen LogP contribution in [0.5, 0.6) is 5.75 Å². The highest BCUT2D eigenvalue weighted by Gasteiger charge is 2.14. The molecule has 4 rings (SSSR count). The van der Waals surface area contributed by atoms with E-state index in [2.05, 4.69) is 15.3 Å². The van der Waals surface area contributed by atoms with Crippen LogP contribution in [0.2, 0.25) is 0 Å². The summed E-state index contributed by atoms with van der Waals surface area (Å²) in [5.41, 5.74) is 1.21. The number of benzene rings is 1. The molecule has 0 aliphatic heterocycles. The van der Waals surface area contributed by atoms with Crippen molar-refractivity contribution in [2.75, 3.05) is 11.9 Å². The molecule has 0 unspecified atom stereocenters. The summed E-state index contributed by atoms with van der Waals surface area (Å²) in [5.74, 6) is 0.533. The maximum atomic E-state index is 12.4. The molecule has 6 nitrogen and oxygen atoms in total. The van der Waals surface area contributed by atoms with Gasteiger partial charge in [-0.1, -0.05) is 11.3 Å². The second-order valence-electron chi connectivity index (χ2n) is 5.14. The second-order valence-corrected chi connectivity index (χ2v) is 7.01. The van der Waals surface area contributed by atoms with Crippen LogP contribution in [0.1, 0.15) is 17.4 Å². The van der Waals surface area contributed by atoms with Crippen molar-refractivity contribution in [3.05, 3.63) is 53.8 Å². The lowest BCUT2D eigenvalue weighted by atomic mass is 10.3. The first-order valence-corrected chi connectivity index (χ1v) is 9.36.